The van der Waals surface area contributed by atoms with E-state index in [1.165, 1.54) is 0 Å². The van der Waals surface area contributed by atoms with E-state index >= 15 is 0 Å². The molecule has 0 spiro atoms. The molecule has 1 aliphatic rings. The Balaban J connectivity index is 0.00000144. The Morgan fingerprint density at radius 2 is 1.85 bits per heavy atom. The minimum absolute atomic E-state index is 0. The minimum atomic E-state index is -2.55. The van der Waals surface area contributed by atoms with Crippen LogP contribution in [0.1, 0.15) is 13.8 Å². The standard InChI is InChI=1S/C8H15F2NO.ClH/c1-7(2)6(8(7,9)10)5-12-4-3-11;/h6H,3-5,11H2,1-2H3;1H. The average Bonchev–Trinajstić information content (AvgIpc) is 2.32. The molecule has 2 N–H and O–H groups in total. The molecule has 0 aromatic heterocycles. The lowest BCUT2D eigenvalue weighted by molar-refractivity contribution is 0.0464. The van der Waals surface area contributed by atoms with Crippen LogP contribution in [-0.2, 0) is 4.74 Å². The SMILES string of the molecule is CC1(C)C(COCCN)C1(F)F.Cl. The zero-order valence-electron chi connectivity index (χ0n) is 7.85. The summed E-state index contributed by atoms with van der Waals surface area (Å²) in [5.74, 6) is -3.18. The summed E-state index contributed by atoms with van der Waals surface area (Å²) in [7, 11) is 0. The van der Waals surface area contributed by atoms with Gasteiger partial charge < -0.3 is 10.5 Å². The first-order valence-electron chi connectivity index (χ1n) is 4.10. The number of alkyl halides is 2. The normalized spacial score (nSPS) is 27.9. The predicted octanol–water partition coefficient (Wildman–Crippen LogP) is 1.67. The molecule has 1 rings (SSSR count). The van der Waals surface area contributed by atoms with E-state index in [-0.39, 0.29) is 19.0 Å². The van der Waals surface area contributed by atoms with Crippen LogP contribution in [0.5, 0.6) is 0 Å². The number of nitrogens with two attached hydrogens (primary N) is 1. The van der Waals surface area contributed by atoms with Crippen LogP contribution >= 0.6 is 12.4 Å². The maximum absolute atomic E-state index is 12.9. The van der Waals surface area contributed by atoms with E-state index in [1.54, 1.807) is 13.8 Å². The van der Waals surface area contributed by atoms with Crippen molar-refractivity contribution in [2.24, 2.45) is 17.1 Å². The number of halogens is 3. The van der Waals surface area contributed by atoms with E-state index in [0.29, 0.717) is 13.2 Å². The molecule has 13 heavy (non-hydrogen) atoms. The van der Waals surface area contributed by atoms with Gasteiger partial charge in [-0.05, 0) is 0 Å². The Kier molecular flexibility index (Phi) is 4.09. The summed E-state index contributed by atoms with van der Waals surface area (Å²) < 4.78 is 30.8. The van der Waals surface area contributed by atoms with E-state index in [4.69, 9.17) is 10.5 Å². The van der Waals surface area contributed by atoms with Crippen LogP contribution in [0, 0.1) is 11.3 Å². The Bertz CT molecular complexity index is 162. The van der Waals surface area contributed by atoms with Gasteiger partial charge in [-0.25, -0.2) is 8.78 Å². The molecule has 0 amide bonds. The van der Waals surface area contributed by atoms with Crippen molar-refractivity contribution in [3.8, 4) is 0 Å². The van der Waals surface area contributed by atoms with Gasteiger partial charge in [-0.3, -0.25) is 0 Å². The highest BCUT2D eigenvalue weighted by Gasteiger charge is 2.74. The van der Waals surface area contributed by atoms with Crippen LogP contribution < -0.4 is 5.73 Å². The van der Waals surface area contributed by atoms with Gasteiger partial charge in [-0.2, -0.15) is 0 Å². The van der Waals surface area contributed by atoms with Crippen LogP contribution in [0.4, 0.5) is 8.78 Å². The Morgan fingerprint density at radius 3 is 2.15 bits per heavy atom. The molecule has 0 aromatic carbocycles. The van der Waals surface area contributed by atoms with Gasteiger partial charge in [0.15, 0.2) is 0 Å². The Labute approximate surface area is 83.2 Å². The number of hydrogen-bond donors (Lipinski definition) is 1. The maximum atomic E-state index is 12.9. The fourth-order valence-corrected chi connectivity index (χ4v) is 1.35. The lowest BCUT2D eigenvalue weighted by Crippen LogP contribution is -2.11. The Morgan fingerprint density at radius 1 is 1.38 bits per heavy atom. The highest BCUT2D eigenvalue weighted by Crippen LogP contribution is 2.65. The van der Waals surface area contributed by atoms with Gasteiger partial charge in [-0.15, -0.1) is 12.4 Å². The van der Waals surface area contributed by atoms with E-state index in [1.807, 2.05) is 0 Å². The van der Waals surface area contributed by atoms with Crippen molar-refractivity contribution in [1.29, 1.82) is 0 Å². The summed E-state index contributed by atoms with van der Waals surface area (Å²) in [5, 5.41) is 0. The highest BCUT2D eigenvalue weighted by atomic mass is 35.5. The molecule has 1 saturated carbocycles. The topological polar surface area (TPSA) is 35.2 Å². The van der Waals surface area contributed by atoms with Crippen molar-refractivity contribution in [2.75, 3.05) is 19.8 Å². The average molecular weight is 216 g/mol. The molecule has 1 unspecified atom stereocenters. The first kappa shape index (κ1) is 13.1. The molecule has 2 nitrogen and oxygen atoms in total. The summed E-state index contributed by atoms with van der Waals surface area (Å²) in [6, 6.07) is 0. The molecule has 1 aliphatic carbocycles. The van der Waals surface area contributed by atoms with Crippen molar-refractivity contribution >= 4 is 12.4 Å². The fourth-order valence-electron chi connectivity index (χ4n) is 1.35. The third-order valence-electron chi connectivity index (χ3n) is 2.63. The fraction of sp³-hybridized carbons (Fsp3) is 1.00. The largest absolute Gasteiger partial charge is 0.380 e. The summed E-state index contributed by atoms with van der Waals surface area (Å²) in [6.07, 6.45) is 0. The van der Waals surface area contributed by atoms with E-state index < -0.39 is 17.3 Å². The first-order valence-corrected chi connectivity index (χ1v) is 4.10. The highest BCUT2D eigenvalue weighted by molar-refractivity contribution is 5.85. The van der Waals surface area contributed by atoms with Gasteiger partial charge >= 0.3 is 0 Å². The predicted molar refractivity (Wildman–Crippen MR) is 49.3 cm³/mol. The van der Waals surface area contributed by atoms with Crippen molar-refractivity contribution < 1.29 is 13.5 Å². The molecule has 0 aromatic rings. The smallest absolute Gasteiger partial charge is 0.259 e. The second-order valence-electron chi connectivity index (χ2n) is 3.76. The monoisotopic (exact) mass is 215 g/mol. The van der Waals surface area contributed by atoms with Crippen molar-refractivity contribution in [1.82, 2.24) is 0 Å². The number of hydrogen-bond acceptors (Lipinski definition) is 2. The lowest BCUT2D eigenvalue weighted by atomic mass is 10.1. The molecule has 1 atom stereocenters. The van der Waals surface area contributed by atoms with E-state index in [0.717, 1.165) is 0 Å². The van der Waals surface area contributed by atoms with Gasteiger partial charge in [0, 0.05) is 12.0 Å². The second kappa shape index (κ2) is 4.07. The second-order valence-corrected chi connectivity index (χ2v) is 3.76. The van der Waals surface area contributed by atoms with Gasteiger partial charge in [0.2, 0.25) is 0 Å². The summed E-state index contributed by atoms with van der Waals surface area (Å²) in [4.78, 5) is 0. The van der Waals surface area contributed by atoms with Crippen LogP contribution in [0.2, 0.25) is 0 Å². The summed E-state index contributed by atoms with van der Waals surface area (Å²) in [5.41, 5.74) is 4.27. The van der Waals surface area contributed by atoms with E-state index in [9.17, 15) is 8.78 Å². The minimum Gasteiger partial charge on any atom is -0.380 e. The molecule has 80 valence electrons. The third kappa shape index (κ3) is 2.11. The van der Waals surface area contributed by atoms with E-state index in [2.05, 4.69) is 0 Å². The molecule has 0 bridgehead atoms. The molecule has 0 saturated heterocycles. The van der Waals surface area contributed by atoms with Crippen LogP contribution in [0.25, 0.3) is 0 Å². The first-order chi connectivity index (χ1) is 5.44. The Hall–Kier alpha value is 0.0700. The zero-order chi connectivity index (χ0) is 9.41. The lowest BCUT2D eigenvalue weighted by Gasteiger charge is -2.00. The third-order valence-corrected chi connectivity index (χ3v) is 2.63. The maximum Gasteiger partial charge on any atom is 0.259 e. The quantitative estimate of drug-likeness (QED) is 0.725. The van der Waals surface area contributed by atoms with Crippen molar-refractivity contribution in [3.05, 3.63) is 0 Å². The van der Waals surface area contributed by atoms with Gasteiger partial charge in [0.25, 0.3) is 5.92 Å². The van der Waals surface area contributed by atoms with Crippen LogP contribution in [-0.4, -0.2) is 25.7 Å². The summed E-state index contributed by atoms with van der Waals surface area (Å²) in [6.45, 7) is 3.99. The molecule has 0 radical (unpaired) electrons. The number of ether oxygens (including phenoxy) is 1. The summed E-state index contributed by atoms with van der Waals surface area (Å²) >= 11 is 0. The van der Waals surface area contributed by atoms with Crippen molar-refractivity contribution in [3.63, 3.8) is 0 Å². The molecular weight excluding hydrogens is 200 g/mol. The molecular formula is C8H16ClF2NO. The van der Waals surface area contributed by atoms with Crippen LogP contribution in [0.3, 0.4) is 0 Å². The number of rotatable bonds is 4. The molecule has 0 heterocycles. The zero-order valence-corrected chi connectivity index (χ0v) is 8.66. The molecule has 0 aliphatic heterocycles. The van der Waals surface area contributed by atoms with Gasteiger partial charge in [0.05, 0.1) is 19.1 Å². The molecule has 5 heteroatoms. The van der Waals surface area contributed by atoms with Crippen LogP contribution in [0.15, 0.2) is 0 Å². The van der Waals surface area contributed by atoms with Gasteiger partial charge in [0.1, 0.15) is 0 Å². The van der Waals surface area contributed by atoms with Gasteiger partial charge in [-0.1, -0.05) is 13.8 Å². The van der Waals surface area contributed by atoms with Crippen molar-refractivity contribution in [2.45, 2.75) is 19.8 Å². The molecule has 1 fully saturated rings.